The van der Waals surface area contributed by atoms with Crippen molar-refractivity contribution in [3.63, 3.8) is 0 Å². The van der Waals surface area contributed by atoms with E-state index in [0.29, 0.717) is 0 Å². The number of rotatable bonds is 3. The Labute approximate surface area is 45.7 Å². The maximum absolute atomic E-state index is 11.4. The smallest absolute Gasteiger partial charge is 0.225 e. The van der Waals surface area contributed by atoms with Crippen molar-refractivity contribution in [3.05, 3.63) is 0 Å². The Morgan fingerprint density at radius 3 is 1.88 bits per heavy atom. The van der Waals surface area contributed by atoms with Crippen molar-refractivity contribution in [1.82, 2.24) is 0 Å². The maximum Gasteiger partial charge on any atom is 0.225 e. The van der Waals surface area contributed by atoms with E-state index in [-0.39, 0.29) is 0 Å². The number of carbonyl (C=O) groups is 1. The summed E-state index contributed by atoms with van der Waals surface area (Å²) >= 11 is 0. The molecular weight excluding hydrogens is 116 g/mol. The number of amides is 1. The van der Waals surface area contributed by atoms with Crippen molar-refractivity contribution < 1.29 is 13.6 Å². The third-order valence-electron chi connectivity index (χ3n) is 0.775. The Bertz CT molecular complexity index is 82.1. The van der Waals surface area contributed by atoms with Crippen molar-refractivity contribution >= 4 is 5.91 Å². The standard InChI is InChI=1S/C4H7F2NO/c5-1-3(2-6)4(7)8/h3H,1-2H2,(H2,7,8). The highest BCUT2D eigenvalue weighted by Crippen LogP contribution is 1.95. The van der Waals surface area contributed by atoms with Crippen molar-refractivity contribution in [2.45, 2.75) is 0 Å². The molecule has 0 fully saturated rings. The first-order valence-electron chi connectivity index (χ1n) is 2.13. The molecule has 0 rings (SSSR count). The Morgan fingerprint density at radius 2 is 1.88 bits per heavy atom. The van der Waals surface area contributed by atoms with Gasteiger partial charge >= 0.3 is 0 Å². The number of halogens is 2. The summed E-state index contributed by atoms with van der Waals surface area (Å²) in [4.78, 5) is 9.90. The molecule has 4 heteroatoms. The van der Waals surface area contributed by atoms with Crippen LogP contribution in [0.4, 0.5) is 8.78 Å². The summed E-state index contributed by atoms with van der Waals surface area (Å²) < 4.78 is 22.7. The summed E-state index contributed by atoms with van der Waals surface area (Å²) in [6, 6.07) is 0. The zero-order chi connectivity index (χ0) is 6.57. The Hall–Kier alpha value is -0.670. The molecule has 0 bridgehead atoms. The molecule has 48 valence electrons. The molecule has 0 spiro atoms. The van der Waals surface area contributed by atoms with Gasteiger partial charge in [-0.25, -0.2) is 0 Å². The van der Waals surface area contributed by atoms with Crippen LogP contribution < -0.4 is 5.73 Å². The van der Waals surface area contributed by atoms with Crippen LogP contribution in [0.2, 0.25) is 0 Å². The molecule has 0 aliphatic rings. The van der Waals surface area contributed by atoms with Gasteiger partial charge in [-0.3, -0.25) is 13.6 Å². The van der Waals surface area contributed by atoms with Crippen LogP contribution in [0.15, 0.2) is 0 Å². The van der Waals surface area contributed by atoms with Crippen LogP contribution in [0.1, 0.15) is 0 Å². The van der Waals surface area contributed by atoms with Gasteiger partial charge in [-0.1, -0.05) is 0 Å². The molecule has 0 saturated carbocycles. The average molecular weight is 123 g/mol. The second-order valence-corrected chi connectivity index (χ2v) is 1.41. The van der Waals surface area contributed by atoms with Crippen LogP contribution in [0, 0.1) is 5.92 Å². The van der Waals surface area contributed by atoms with E-state index in [1.165, 1.54) is 0 Å². The molecule has 0 aromatic heterocycles. The number of primary amides is 1. The van der Waals surface area contributed by atoms with Crippen LogP contribution in [0.5, 0.6) is 0 Å². The maximum atomic E-state index is 11.4. The molecule has 2 nitrogen and oxygen atoms in total. The Morgan fingerprint density at radius 1 is 1.50 bits per heavy atom. The third kappa shape index (κ3) is 1.86. The molecule has 0 aromatic rings. The fourth-order valence-electron chi connectivity index (χ4n) is 0.193. The van der Waals surface area contributed by atoms with E-state index in [1.54, 1.807) is 0 Å². The normalized spacial score (nSPS) is 9.88. The van der Waals surface area contributed by atoms with E-state index < -0.39 is 25.2 Å². The van der Waals surface area contributed by atoms with E-state index in [9.17, 15) is 13.6 Å². The lowest BCUT2D eigenvalue weighted by atomic mass is 10.2. The van der Waals surface area contributed by atoms with Crippen molar-refractivity contribution in [2.75, 3.05) is 13.3 Å². The van der Waals surface area contributed by atoms with Crippen molar-refractivity contribution in [1.29, 1.82) is 0 Å². The molecule has 1 amide bonds. The van der Waals surface area contributed by atoms with Gasteiger partial charge in [0.1, 0.15) is 13.3 Å². The van der Waals surface area contributed by atoms with Crippen molar-refractivity contribution in [3.8, 4) is 0 Å². The topological polar surface area (TPSA) is 43.1 Å². The van der Waals surface area contributed by atoms with Gasteiger partial charge in [0.05, 0.1) is 5.92 Å². The van der Waals surface area contributed by atoms with Gasteiger partial charge in [-0.05, 0) is 0 Å². The van der Waals surface area contributed by atoms with Crippen LogP contribution in [0.25, 0.3) is 0 Å². The monoisotopic (exact) mass is 123 g/mol. The Balaban J connectivity index is 3.52. The zero-order valence-electron chi connectivity index (χ0n) is 4.23. The van der Waals surface area contributed by atoms with E-state index in [4.69, 9.17) is 0 Å². The summed E-state index contributed by atoms with van der Waals surface area (Å²) in [5.41, 5.74) is 4.54. The number of hydrogen-bond donors (Lipinski definition) is 1. The molecule has 0 saturated heterocycles. The molecule has 0 heterocycles. The lowest BCUT2D eigenvalue weighted by Crippen LogP contribution is -2.26. The third-order valence-corrected chi connectivity index (χ3v) is 0.775. The highest BCUT2D eigenvalue weighted by atomic mass is 19.1. The van der Waals surface area contributed by atoms with E-state index >= 15 is 0 Å². The van der Waals surface area contributed by atoms with Gasteiger partial charge < -0.3 is 5.73 Å². The first-order chi connectivity index (χ1) is 3.72. The second kappa shape index (κ2) is 3.35. The van der Waals surface area contributed by atoms with E-state index in [2.05, 4.69) is 5.73 Å². The summed E-state index contributed by atoms with van der Waals surface area (Å²) in [6.45, 7) is -2.02. The minimum absolute atomic E-state index is 0.921. The Kier molecular flexibility index (Phi) is 3.07. The molecule has 0 radical (unpaired) electrons. The van der Waals surface area contributed by atoms with Gasteiger partial charge in [0.25, 0.3) is 0 Å². The quantitative estimate of drug-likeness (QED) is 0.565. The van der Waals surface area contributed by atoms with Crippen LogP contribution in [-0.2, 0) is 4.79 Å². The zero-order valence-corrected chi connectivity index (χ0v) is 4.23. The van der Waals surface area contributed by atoms with Gasteiger partial charge in [0.2, 0.25) is 5.91 Å². The summed E-state index contributed by atoms with van der Waals surface area (Å²) in [5, 5.41) is 0. The molecule has 0 atom stereocenters. The SMILES string of the molecule is NC(=O)C(CF)CF. The largest absolute Gasteiger partial charge is 0.369 e. The minimum atomic E-state index is -1.24. The predicted molar refractivity (Wildman–Crippen MR) is 24.6 cm³/mol. The van der Waals surface area contributed by atoms with Gasteiger partial charge in [-0.15, -0.1) is 0 Å². The molecule has 2 N–H and O–H groups in total. The molecule has 0 aliphatic carbocycles. The van der Waals surface area contributed by atoms with Crippen LogP contribution >= 0.6 is 0 Å². The summed E-state index contributed by atoms with van der Waals surface area (Å²) in [5.74, 6) is -2.16. The summed E-state index contributed by atoms with van der Waals surface area (Å²) in [7, 11) is 0. The number of carbonyl (C=O) groups excluding carboxylic acids is 1. The lowest BCUT2D eigenvalue weighted by molar-refractivity contribution is -0.122. The minimum Gasteiger partial charge on any atom is -0.369 e. The van der Waals surface area contributed by atoms with Gasteiger partial charge in [-0.2, -0.15) is 0 Å². The average Bonchev–Trinajstić information content (AvgIpc) is 1.69. The molecule has 0 unspecified atom stereocenters. The van der Waals surface area contributed by atoms with E-state index in [1.807, 2.05) is 0 Å². The predicted octanol–water partition coefficient (Wildman–Crippen LogP) is 0.0269. The fourth-order valence-corrected chi connectivity index (χ4v) is 0.193. The lowest BCUT2D eigenvalue weighted by Gasteiger charge is -1.99. The highest BCUT2D eigenvalue weighted by Gasteiger charge is 2.13. The fraction of sp³-hybridized carbons (Fsp3) is 0.750. The summed E-state index contributed by atoms with van der Waals surface area (Å²) in [6.07, 6.45) is 0. The van der Waals surface area contributed by atoms with E-state index in [0.717, 1.165) is 0 Å². The molecule has 0 aromatic carbocycles. The van der Waals surface area contributed by atoms with Crippen molar-refractivity contribution in [2.24, 2.45) is 11.7 Å². The number of hydrogen-bond acceptors (Lipinski definition) is 1. The van der Waals surface area contributed by atoms with Gasteiger partial charge in [0.15, 0.2) is 0 Å². The highest BCUT2D eigenvalue weighted by molar-refractivity contribution is 5.76. The first-order valence-corrected chi connectivity index (χ1v) is 2.13. The first kappa shape index (κ1) is 7.33. The molecule has 8 heavy (non-hydrogen) atoms. The van der Waals surface area contributed by atoms with Crippen LogP contribution in [0.3, 0.4) is 0 Å². The number of alkyl halides is 2. The molecular formula is C4H7F2NO. The van der Waals surface area contributed by atoms with Gasteiger partial charge in [0, 0.05) is 0 Å². The number of nitrogens with two attached hydrogens (primary N) is 1. The molecule has 0 aliphatic heterocycles. The van der Waals surface area contributed by atoms with Crippen LogP contribution in [-0.4, -0.2) is 19.3 Å². The second-order valence-electron chi connectivity index (χ2n) is 1.41.